The Kier molecular flexibility index (Phi) is 8.31. The monoisotopic (exact) mass is 435 g/mol. The van der Waals surface area contributed by atoms with Crippen molar-refractivity contribution in [3.05, 3.63) is 42.5 Å². The highest BCUT2D eigenvalue weighted by Gasteiger charge is 2.24. The summed E-state index contributed by atoms with van der Waals surface area (Å²) < 4.78 is 26.5. The zero-order valence-corrected chi connectivity index (χ0v) is 18.4. The van der Waals surface area contributed by atoms with Gasteiger partial charge in [0.05, 0.1) is 4.90 Å². The lowest BCUT2D eigenvalue weighted by molar-refractivity contribution is -0.139. The molecule has 2 amide bonds. The standard InChI is InChI=1S/C21H29N3O5S/c1-4-6-20(26)23-13-15-24(16-14-23)21(27)7-5-12-22(3)30(28,29)19-10-8-18(9-11-19)17(2)25/h4,8-11H,1,5-7,12-16H2,2-3H3. The molecule has 1 aliphatic heterocycles. The van der Waals surface area contributed by atoms with Crippen molar-refractivity contribution in [2.75, 3.05) is 39.8 Å². The molecule has 0 aromatic heterocycles. The number of piperazine rings is 1. The summed E-state index contributed by atoms with van der Waals surface area (Å²) >= 11 is 0. The van der Waals surface area contributed by atoms with Gasteiger partial charge in [0.1, 0.15) is 0 Å². The Bertz CT molecular complexity index is 888. The van der Waals surface area contributed by atoms with Gasteiger partial charge in [-0.2, -0.15) is 0 Å². The van der Waals surface area contributed by atoms with Crippen molar-refractivity contribution in [2.45, 2.75) is 31.1 Å². The molecule has 0 spiro atoms. The number of sulfonamides is 1. The van der Waals surface area contributed by atoms with Crippen LogP contribution in [0.1, 0.15) is 36.5 Å². The lowest BCUT2D eigenvalue weighted by Crippen LogP contribution is -2.50. The van der Waals surface area contributed by atoms with Crippen molar-refractivity contribution < 1.29 is 22.8 Å². The Morgan fingerprint density at radius 3 is 2.07 bits per heavy atom. The van der Waals surface area contributed by atoms with Crippen LogP contribution in [-0.4, -0.2) is 79.9 Å². The first-order chi connectivity index (χ1) is 14.2. The van der Waals surface area contributed by atoms with Gasteiger partial charge in [0, 0.05) is 58.2 Å². The van der Waals surface area contributed by atoms with E-state index in [0.717, 1.165) is 0 Å². The predicted octanol–water partition coefficient (Wildman–Crippen LogP) is 1.54. The van der Waals surface area contributed by atoms with Crippen LogP contribution in [0.5, 0.6) is 0 Å². The van der Waals surface area contributed by atoms with Crippen LogP contribution in [0.2, 0.25) is 0 Å². The normalized spacial score (nSPS) is 14.6. The van der Waals surface area contributed by atoms with Crippen LogP contribution in [0.3, 0.4) is 0 Å². The van der Waals surface area contributed by atoms with Crippen LogP contribution < -0.4 is 0 Å². The number of benzene rings is 1. The molecule has 0 unspecified atom stereocenters. The zero-order chi connectivity index (χ0) is 22.3. The molecule has 0 aliphatic carbocycles. The van der Waals surface area contributed by atoms with Crippen LogP contribution in [0, 0.1) is 0 Å². The maximum atomic E-state index is 12.6. The Morgan fingerprint density at radius 2 is 1.57 bits per heavy atom. The van der Waals surface area contributed by atoms with Crippen molar-refractivity contribution in [2.24, 2.45) is 0 Å². The highest BCUT2D eigenvalue weighted by molar-refractivity contribution is 7.89. The minimum absolute atomic E-state index is 0.0141. The summed E-state index contributed by atoms with van der Waals surface area (Å²) in [5.41, 5.74) is 0.452. The van der Waals surface area contributed by atoms with Gasteiger partial charge in [0.2, 0.25) is 21.8 Å². The second-order valence-electron chi connectivity index (χ2n) is 7.27. The molecule has 164 valence electrons. The van der Waals surface area contributed by atoms with E-state index in [0.29, 0.717) is 44.6 Å². The molecule has 0 saturated carbocycles. The third-order valence-corrected chi connectivity index (χ3v) is 7.01. The number of ketones is 1. The van der Waals surface area contributed by atoms with Gasteiger partial charge in [-0.05, 0) is 25.5 Å². The van der Waals surface area contributed by atoms with E-state index in [-0.39, 0.29) is 35.5 Å². The largest absolute Gasteiger partial charge is 0.339 e. The van der Waals surface area contributed by atoms with E-state index in [4.69, 9.17) is 0 Å². The molecule has 0 radical (unpaired) electrons. The quantitative estimate of drug-likeness (QED) is 0.433. The number of nitrogens with zero attached hydrogens (tertiary/aromatic N) is 3. The molecule has 9 heteroatoms. The first-order valence-corrected chi connectivity index (χ1v) is 11.3. The molecule has 1 aromatic rings. The Labute approximate surface area is 178 Å². The fourth-order valence-electron chi connectivity index (χ4n) is 3.23. The summed E-state index contributed by atoms with van der Waals surface area (Å²) in [6.07, 6.45) is 2.51. The Hall–Kier alpha value is -2.52. The molecule has 8 nitrogen and oxygen atoms in total. The number of Topliss-reactive ketones (excluding diaryl/α,β-unsaturated/α-hetero) is 1. The molecule has 2 rings (SSSR count). The highest BCUT2D eigenvalue weighted by atomic mass is 32.2. The Morgan fingerprint density at radius 1 is 1.03 bits per heavy atom. The molecule has 1 aromatic carbocycles. The maximum absolute atomic E-state index is 12.6. The summed E-state index contributed by atoms with van der Waals surface area (Å²) in [4.78, 5) is 39.2. The van der Waals surface area contributed by atoms with E-state index in [9.17, 15) is 22.8 Å². The number of hydrogen-bond donors (Lipinski definition) is 0. The second kappa shape index (κ2) is 10.5. The molecular weight excluding hydrogens is 406 g/mol. The van der Waals surface area contributed by atoms with Gasteiger partial charge in [-0.15, -0.1) is 6.58 Å². The van der Waals surface area contributed by atoms with Gasteiger partial charge >= 0.3 is 0 Å². The van der Waals surface area contributed by atoms with Crippen LogP contribution in [0.4, 0.5) is 0 Å². The lowest BCUT2D eigenvalue weighted by Gasteiger charge is -2.34. The molecular formula is C21H29N3O5S. The molecule has 1 heterocycles. The fraction of sp³-hybridized carbons (Fsp3) is 0.476. The lowest BCUT2D eigenvalue weighted by atomic mass is 10.2. The predicted molar refractivity (Wildman–Crippen MR) is 113 cm³/mol. The molecule has 0 atom stereocenters. The molecule has 1 fully saturated rings. The summed E-state index contributed by atoms with van der Waals surface area (Å²) in [6, 6.07) is 5.82. The van der Waals surface area contributed by atoms with Crippen molar-refractivity contribution in [1.29, 1.82) is 0 Å². The number of carbonyl (C=O) groups is 3. The van der Waals surface area contributed by atoms with Crippen molar-refractivity contribution in [3.8, 4) is 0 Å². The van der Waals surface area contributed by atoms with Gasteiger partial charge in [-0.1, -0.05) is 18.2 Å². The zero-order valence-electron chi connectivity index (χ0n) is 17.5. The van der Waals surface area contributed by atoms with Crippen LogP contribution in [0.25, 0.3) is 0 Å². The SMILES string of the molecule is C=CCC(=O)N1CCN(C(=O)CCCN(C)S(=O)(=O)c2ccc(C(C)=O)cc2)CC1. The number of rotatable bonds is 9. The van der Waals surface area contributed by atoms with E-state index in [1.165, 1.54) is 42.5 Å². The maximum Gasteiger partial charge on any atom is 0.242 e. The molecule has 0 bridgehead atoms. The Balaban J connectivity index is 1.81. The number of hydrogen-bond acceptors (Lipinski definition) is 5. The van der Waals surface area contributed by atoms with Gasteiger partial charge < -0.3 is 9.80 Å². The average molecular weight is 436 g/mol. The molecule has 1 aliphatic rings. The third-order valence-electron chi connectivity index (χ3n) is 5.14. The summed E-state index contributed by atoms with van der Waals surface area (Å²) in [6.45, 7) is 7.17. The van der Waals surface area contributed by atoms with Crippen molar-refractivity contribution >= 4 is 27.6 Å². The minimum atomic E-state index is -3.68. The molecule has 1 saturated heterocycles. The van der Waals surface area contributed by atoms with E-state index in [1.807, 2.05) is 0 Å². The number of carbonyl (C=O) groups excluding carboxylic acids is 3. The minimum Gasteiger partial charge on any atom is -0.339 e. The van der Waals surface area contributed by atoms with Crippen LogP contribution in [0.15, 0.2) is 41.8 Å². The van der Waals surface area contributed by atoms with E-state index in [2.05, 4.69) is 6.58 Å². The molecule has 30 heavy (non-hydrogen) atoms. The summed E-state index contributed by atoms with van der Waals surface area (Å²) in [5, 5.41) is 0. The van der Waals surface area contributed by atoms with Gasteiger partial charge in [-0.3, -0.25) is 14.4 Å². The van der Waals surface area contributed by atoms with Gasteiger partial charge in [0.15, 0.2) is 5.78 Å². The fourth-order valence-corrected chi connectivity index (χ4v) is 4.44. The highest BCUT2D eigenvalue weighted by Crippen LogP contribution is 2.16. The van der Waals surface area contributed by atoms with Crippen molar-refractivity contribution in [3.63, 3.8) is 0 Å². The van der Waals surface area contributed by atoms with E-state index < -0.39 is 10.0 Å². The van der Waals surface area contributed by atoms with Crippen LogP contribution in [-0.2, 0) is 19.6 Å². The smallest absolute Gasteiger partial charge is 0.242 e. The first kappa shape index (κ1) is 23.8. The third kappa shape index (κ3) is 5.99. The van der Waals surface area contributed by atoms with E-state index in [1.54, 1.807) is 15.9 Å². The number of amides is 2. The topological polar surface area (TPSA) is 95.1 Å². The van der Waals surface area contributed by atoms with Gasteiger partial charge in [0.25, 0.3) is 0 Å². The second-order valence-corrected chi connectivity index (χ2v) is 9.31. The van der Waals surface area contributed by atoms with E-state index >= 15 is 0 Å². The van der Waals surface area contributed by atoms with Crippen LogP contribution >= 0.6 is 0 Å². The van der Waals surface area contributed by atoms with Gasteiger partial charge in [-0.25, -0.2) is 12.7 Å². The average Bonchev–Trinajstić information content (AvgIpc) is 2.73. The summed E-state index contributed by atoms with van der Waals surface area (Å²) in [5.74, 6) is -0.153. The molecule has 0 N–H and O–H groups in total. The van der Waals surface area contributed by atoms with Crippen molar-refractivity contribution in [1.82, 2.24) is 14.1 Å². The summed E-state index contributed by atoms with van der Waals surface area (Å²) in [7, 11) is -2.21. The first-order valence-electron chi connectivity index (χ1n) is 9.90.